The molecule has 1 aromatic heterocycles. The monoisotopic (exact) mass is 228 g/mol. The molecule has 2 nitrogen and oxygen atoms in total. The van der Waals surface area contributed by atoms with Gasteiger partial charge in [0.05, 0.1) is 0 Å². The molecule has 0 fully saturated rings. The predicted molar refractivity (Wildman–Crippen MR) is 67.3 cm³/mol. The molecule has 15 heavy (non-hydrogen) atoms. The van der Waals surface area contributed by atoms with Crippen LogP contribution in [0.25, 0.3) is 0 Å². The highest BCUT2D eigenvalue weighted by Gasteiger charge is 1.91. The fourth-order valence-corrected chi connectivity index (χ4v) is 1.41. The van der Waals surface area contributed by atoms with Crippen LogP contribution in [0.1, 0.15) is 38.2 Å². The van der Waals surface area contributed by atoms with Crippen molar-refractivity contribution in [3.8, 4) is 0 Å². The van der Waals surface area contributed by atoms with Gasteiger partial charge in [0.25, 0.3) is 0 Å². The summed E-state index contributed by atoms with van der Waals surface area (Å²) in [5.74, 6) is 0. The lowest BCUT2D eigenvalue weighted by atomic mass is 10.2. The van der Waals surface area contributed by atoms with Crippen LogP contribution in [0.5, 0.6) is 0 Å². The Kier molecular flexibility index (Phi) is 9.54. The van der Waals surface area contributed by atoms with E-state index in [0.29, 0.717) is 0 Å². The first-order chi connectivity index (χ1) is 6.93. The van der Waals surface area contributed by atoms with Crippen molar-refractivity contribution in [3.63, 3.8) is 0 Å². The van der Waals surface area contributed by atoms with E-state index in [4.69, 9.17) is 0 Å². The van der Waals surface area contributed by atoms with E-state index in [2.05, 4.69) is 29.4 Å². The minimum absolute atomic E-state index is 0. The highest BCUT2D eigenvalue weighted by Crippen LogP contribution is 1.98. The van der Waals surface area contributed by atoms with Gasteiger partial charge in [-0.1, -0.05) is 26.2 Å². The minimum atomic E-state index is 0. The lowest BCUT2D eigenvalue weighted by molar-refractivity contribution is 0.598. The molecule has 0 bridgehead atoms. The Balaban J connectivity index is 0.00000196. The fraction of sp³-hybridized carbons (Fsp3) is 0.583. The van der Waals surface area contributed by atoms with Crippen LogP contribution in [-0.2, 0) is 6.54 Å². The number of aromatic nitrogens is 1. The molecule has 0 amide bonds. The summed E-state index contributed by atoms with van der Waals surface area (Å²) in [6.07, 6.45) is 8.99. The Morgan fingerprint density at radius 3 is 2.53 bits per heavy atom. The molecule has 0 spiro atoms. The zero-order valence-electron chi connectivity index (χ0n) is 9.41. The molecule has 0 unspecified atom stereocenters. The van der Waals surface area contributed by atoms with Crippen LogP contribution in [0.3, 0.4) is 0 Å². The molecule has 0 radical (unpaired) electrons. The van der Waals surface area contributed by atoms with Gasteiger partial charge in [0.2, 0.25) is 0 Å². The van der Waals surface area contributed by atoms with Gasteiger partial charge in [-0.15, -0.1) is 12.4 Å². The van der Waals surface area contributed by atoms with Crippen LogP contribution in [0.15, 0.2) is 24.5 Å². The highest BCUT2D eigenvalue weighted by molar-refractivity contribution is 5.85. The second kappa shape index (κ2) is 9.94. The van der Waals surface area contributed by atoms with E-state index >= 15 is 0 Å². The predicted octanol–water partition coefficient (Wildman–Crippen LogP) is 3.17. The molecule has 0 aliphatic carbocycles. The lowest BCUT2D eigenvalue weighted by Gasteiger charge is -2.03. The average molecular weight is 229 g/mol. The van der Waals surface area contributed by atoms with Crippen LogP contribution in [0.4, 0.5) is 0 Å². The number of pyridine rings is 1. The van der Waals surface area contributed by atoms with E-state index in [9.17, 15) is 0 Å². The van der Waals surface area contributed by atoms with Crippen molar-refractivity contribution in [1.29, 1.82) is 0 Å². The Morgan fingerprint density at radius 1 is 1.13 bits per heavy atom. The number of unbranched alkanes of at least 4 members (excludes halogenated alkanes) is 3. The summed E-state index contributed by atoms with van der Waals surface area (Å²) in [7, 11) is 0. The van der Waals surface area contributed by atoms with E-state index in [1.807, 2.05) is 12.4 Å². The molecule has 1 N–H and O–H groups in total. The Hall–Kier alpha value is -0.600. The van der Waals surface area contributed by atoms with E-state index in [1.54, 1.807) is 0 Å². The van der Waals surface area contributed by atoms with E-state index in [0.717, 1.165) is 13.1 Å². The summed E-state index contributed by atoms with van der Waals surface area (Å²) in [6, 6.07) is 4.11. The quantitative estimate of drug-likeness (QED) is 0.726. The molecule has 0 aliphatic rings. The van der Waals surface area contributed by atoms with Gasteiger partial charge in [-0.3, -0.25) is 4.98 Å². The molecule has 3 heteroatoms. The fourth-order valence-electron chi connectivity index (χ4n) is 1.41. The topological polar surface area (TPSA) is 24.9 Å². The van der Waals surface area contributed by atoms with Crippen molar-refractivity contribution in [2.24, 2.45) is 0 Å². The molecule has 0 aromatic carbocycles. The molecule has 0 aliphatic heterocycles. The van der Waals surface area contributed by atoms with Crippen LogP contribution < -0.4 is 5.32 Å². The second-order valence-corrected chi connectivity index (χ2v) is 3.59. The normalized spacial score (nSPS) is 9.67. The first kappa shape index (κ1) is 14.4. The van der Waals surface area contributed by atoms with Crippen molar-refractivity contribution in [2.45, 2.75) is 39.2 Å². The zero-order valence-corrected chi connectivity index (χ0v) is 10.2. The third kappa shape index (κ3) is 7.34. The zero-order chi connectivity index (χ0) is 10.1. The van der Waals surface area contributed by atoms with E-state index in [1.165, 1.54) is 31.2 Å². The molecule has 1 aromatic rings. The molecule has 0 saturated heterocycles. The number of hydrogen-bond acceptors (Lipinski definition) is 2. The number of nitrogens with one attached hydrogen (secondary N) is 1. The number of rotatable bonds is 7. The summed E-state index contributed by atoms with van der Waals surface area (Å²) in [4.78, 5) is 3.99. The van der Waals surface area contributed by atoms with Gasteiger partial charge in [0.15, 0.2) is 0 Å². The third-order valence-corrected chi connectivity index (χ3v) is 2.29. The van der Waals surface area contributed by atoms with Crippen LogP contribution in [0.2, 0.25) is 0 Å². The van der Waals surface area contributed by atoms with Crippen molar-refractivity contribution >= 4 is 12.4 Å². The van der Waals surface area contributed by atoms with Crippen molar-refractivity contribution < 1.29 is 0 Å². The van der Waals surface area contributed by atoms with Gasteiger partial charge in [-0.2, -0.15) is 0 Å². The summed E-state index contributed by atoms with van der Waals surface area (Å²) >= 11 is 0. The summed E-state index contributed by atoms with van der Waals surface area (Å²) in [5, 5.41) is 3.43. The Labute approximate surface area is 98.9 Å². The van der Waals surface area contributed by atoms with Crippen LogP contribution >= 0.6 is 12.4 Å². The van der Waals surface area contributed by atoms with Gasteiger partial charge < -0.3 is 5.32 Å². The van der Waals surface area contributed by atoms with Crippen LogP contribution in [0, 0.1) is 0 Å². The molecule has 1 rings (SSSR count). The SMILES string of the molecule is CCCCCCNCc1ccncc1.Cl. The molecule has 0 saturated carbocycles. The summed E-state index contributed by atoms with van der Waals surface area (Å²) in [5.41, 5.74) is 1.32. The van der Waals surface area contributed by atoms with E-state index < -0.39 is 0 Å². The van der Waals surface area contributed by atoms with Crippen LogP contribution in [-0.4, -0.2) is 11.5 Å². The van der Waals surface area contributed by atoms with Gasteiger partial charge in [-0.25, -0.2) is 0 Å². The van der Waals surface area contributed by atoms with Gasteiger partial charge in [0, 0.05) is 18.9 Å². The van der Waals surface area contributed by atoms with Crippen molar-refractivity contribution in [1.82, 2.24) is 10.3 Å². The number of nitrogens with zero attached hydrogens (tertiary/aromatic N) is 1. The standard InChI is InChI=1S/C12H20N2.ClH/c1-2-3-4-5-8-14-11-12-6-9-13-10-7-12;/h6-7,9-10,14H,2-5,8,11H2,1H3;1H. The Bertz CT molecular complexity index is 226. The smallest absolute Gasteiger partial charge is 0.0271 e. The van der Waals surface area contributed by atoms with Gasteiger partial charge in [-0.05, 0) is 30.7 Å². The van der Waals surface area contributed by atoms with Gasteiger partial charge >= 0.3 is 0 Å². The maximum absolute atomic E-state index is 3.99. The largest absolute Gasteiger partial charge is 0.313 e. The lowest BCUT2D eigenvalue weighted by Crippen LogP contribution is -2.14. The van der Waals surface area contributed by atoms with Gasteiger partial charge in [0.1, 0.15) is 0 Å². The van der Waals surface area contributed by atoms with E-state index in [-0.39, 0.29) is 12.4 Å². The summed E-state index contributed by atoms with van der Waals surface area (Å²) in [6.45, 7) is 4.33. The highest BCUT2D eigenvalue weighted by atomic mass is 35.5. The minimum Gasteiger partial charge on any atom is -0.313 e. The number of hydrogen-bond donors (Lipinski definition) is 1. The molecular weight excluding hydrogens is 208 g/mol. The number of halogens is 1. The first-order valence-electron chi connectivity index (χ1n) is 5.53. The second-order valence-electron chi connectivity index (χ2n) is 3.59. The Morgan fingerprint density at radius 2 is 1.87 bits per heavy atom. The third-order valence-electron chi connectivity index (χ3n) is 2.29. The molecule has 1 heterocycles. The first-order valence-corrected chi connectivity index (χ1v) is 5.53. The summed E-state index contributed by atoms with van der Waals surface area (Å²) < 4.78 is 0. The average Bonchev–Trinajstić information content (AvgIpc) is 2.25. The molecule has 0 atom stereocenters. The van der Waals surface area contributed by atoms with Crippen molar-refractivity contribution in [3.05, 3.63) is 30.1 Å². The molecular formula is C12H21ClN2. The maximum atomic E-state index is 3.99. The van der Waals surface area contributed by atoms with Crippen molar-refractivity contribution in [2.75, 3.05) is 6.54 Å². The maximum Gasteiger partial charge on any atom is 0.0271 e. The molecule has 86 valence electrons.